The minimum atomic E-state index is 0.165. The lowest BCUT2D eigenvalue weighted by Gasteiger charge is -2.11. The van der Waals surface area contributed by atoms with Crippen molar-refractivity contribution >= 4 is 17.7 Å². The first-order valence-corrected chi connectivity index (χ1v) is 7.25. The van der Waals surface area contributed by atoms with Gasteiger partial charge in [0.1, 0.15) is 0 Å². The molecule has 1 fully saturated rings. The highest BCUT2D eigenvalue weighted by Crippen LogP contribution is 2.18. The molecule has 1 N–H and O–H groups in total. The molecule has 0 radical (unpaired) electrons. The Morgan fingerprint density at radius 3 is 3.00 bits per heavy atom. The predicted octanol–water partition coefficient (Wildman–Crippen LogP) is 1.71. The molecule has 0 spiro atoms. The van der Waals surface area contributed by atoms with Crippen LogP contribution in [0.15, 0.2) is 12.3 Å². The van der Waals surface area contributed by atoms with Crippen LogP contribution >= 0.6 is 11.8 Å². The minimum Gasteiger partial charge on any atom is -0.353 e. The van der Waals surface area contributed by atoms with E-state index < -0.39 is 0 Å². The van der Waals surface area contributed by atoms with Crippen molar-refractivity contribution in [2.75, 3.05) is 5.75 Å². The number of carbonyl (C=O) groups excluding carboxylic acids is 1. The monoisotopic (exact) mass is 253 g/mol. The lowest BCUT2D eigenvalue weighted by Crippen LogP contribution is -2.33. The van der Waals surface area contributed by atoms with E-state index in [1.165, 1.54) is 12.8 Å². The summed E-state index contributed by atoms with van der Waals surface area (Å²) in [5.74, 6) is 1.50. The second kappa shape index (κ2) is 6.10. The number of hydrogen-bond donors (Lipinski definition) is 1. The molecule has 0 aliphatic heterocycles. The van der Waals surface area contributed by atoms with E-state index in [2.05, 4.69) is 10.4 Å². The molecule has 0 aromatic carbocycles. The molecule has 0 atom stereocenters. The Bertz CT molecular complexity index is 372. The lowest BCUT2D eigenvalue weighted by atomic mass is 10.2. The smallest absolute Gasteiger partial charge is 0.230 e. The summed E-state index contributed by atoms with van der Waals surface area (Å²) in [6.07, 6.45) is 6.74. The average Bonchev–Trinajstić information content (AvgIpc) is 2.90. The Hall–Kier alpha value is -0.970. The lowest BCUT2D eigenvalue weighted by molar-refractivity contribution is -0.119. The fraction of sp³-hybridized carbons (Fsp3) is 0.667. The maximum Gasteiger partial charge on any atom is 0.230 e. The Morgan fingerprint density at radius 2 is 2.35 bits per heavy atom. The van der Waals surface area contributed by atoms with Gasteiger partial charge >= 0.3 is 0 Å². The molecule has 5 heteroatoms. The normalized spacial score (nSPS) is 16.3. The molecule has 0 saturated heterocycles. The van der Waals surface area contributed by atoms with E-state index in [9.17, 15) is 4.79 Å². The summed E-state index contributed by atoms with van der Waals surface area (Å²) in [5.41, 5.74) is 1.03. The van der Waals surface area contributed by atoms with Crippen LogP contribution in [0.4, 0.5) is 0 Å². The average molecular weight is 253 g/mol. The number of nitrogens with one attached hydrogen (secondary N) is 1. The Balaban J connectivity index is 1.62. The van der Waals surface area contributed by atoms with Gasteiger partial charge in [0.05, 0.1) is 11.4 Å². The molecule has 17 heavy (non-hydrogen) atoms. The molecule has 1 saturated carbocycles. The molecule has 1 aliphatic rings. The fourth-order valence-corrected chi connectivity index (χ4v) is 2.86. The van der Waals surface area contributed by atoms with E-state index in [1.54, 1.807) is 16.4 Å². The topological polar surface area (TPSA) is 46.9 Å². The predicted molar refractivity (Wildman–Crippen MR) is 69.8 cm³/mol. The Labute approximate surface area is 106 Å². The second-order valence-corrected chi connectivity index (χ2v) is 5.51. The number of carbonyl (C=O) groups is 1. The zero-order valence-corrected chi connectivity index (χ0v) is 11.0. The third-order valence-corrected chi connectivity index (χ3v) is 3.94. The van der Waals surface area contributed by atoms with Gasteiger partial charge in [0.25, 0.3) is 0 Å². The third-order valence-electron chi connectivity index (χ3n) is 2.97. The highest BCUT2D eigenvalue weighted by atomic mass is 32.2. The van der Waals surface area contributed by atoms with E-state index in [4.69, 9.17) is 0 Å². The van der Waals surface area contributed by atoms with Crippen molar-refractivity contribution in [2.45, 2.75) is 37.5 Å². The van der Waals surface area contributed by atoms with Gasteiger partial charge in [-0.1, -0.05) is 12.8 Å². The van der Waals surface area contributed by atoms with Gasteiger partial charge in [-0.2, -0.15) is 5.10 Å². The summed E-state index contributed by atoms with van der Waals surface area (Å²) >= 11 is 1.62. The van der Waals surface area contributed by atoms with E-state index in [-0.39, 0.29) is 5.91 Å². The first-order valence-electron chi connectivity index (χ1n) is 6.09. The van der Waals surface area contributed by atoms with Gasteiger partial charge in [0.15, 0.2) is 0 Å². The molecule has 2 rings (SSSR count). The Kier molecular flexibility index (Phi) is 4.48. The van der Waals surface area contributed by atoms with Gasteiger partial charge in [0, 0.05) is 25.0 Å². The zero-order valence-electron chi connectivity index (χ0n) is 10.2. The van der Waals surface area contributed by atoms with Gasteiger partial charge in [-0.15, -0.1) is 11.8 Å². The van der Waals surface area contributed by atoms with Crippen LogP contribution < -0.4 is 5.32 Å². The molecule has 1 aliphatic carbocycles. The zero-order chi connectivity index (χ0) is 12.1. The van der Waals surface area contributed by atoms with Crippen LogP contribution in [0.5, 0.6) is 0 Å². The van der Waals surface area contributed by atoms with Crippen molar-refractivity contribution in [2.24, 2.45) is 7.05 Å². The van der Waals surface area contributed by atoms with Gasteiger partial charge in [-0.25, -0.2) is 0 Å². The van der Waals surface area contributed by atoms with E-state index >= 15 is 0 Å². The quantitative estimate of drug-likeness (QED) is 0.869. The van der Waals surface area contributed by atoms with Crippen LogP contribution in [-0.4, -0.2) is 27.5 Å². The molecule has 1 heterocycles. The number of amides is 1. The standard InChI is InChI=1S/C12H19N3OS/c1-15-7-6-11(14-15)8-17-9-12(16)13-10-4-2-3-5-10/h6-7,10H,2-5,8-9H2,1H3,(H,13,16). The molecule has 4 nitrogen and oxygen atoms in total. The fourth-order valence-electron chi connectivity index (χ4n) is 2.13. The summed E-state index contributed by atoms with van der Waals surface area (Å²) in [6.45, 7) is 0. The molecule has 1 aromatic rings. The van der Waals surface area contributed by atoms with Gasteiger partial charge in [0.2, 0.25) is 5.91 Å². The molecule has 1 aromatic heterocycles. The number of aryl methyl sites for hydroxylation is 1. The van der Waals surface area contributed by atoms with Crippen LogP contribution in [0.3, 0.4) is 0 Å². The number of hydrogen-bond acceptors (Lipinski definition) is 3. The summed E-state index contributed by atoms with van der Waals surface area (Å²) in [7, 11) is 1.90. The van der Waals surface area contributed by atoms with Gasteiger partial charge in [-0.05, 0) is 18.9 Å². The first-order chi connectivity index (χ1) is 8.24. The van der Waals surface area contributed by atoms with Crippen LogP contribution in [0, 0.1) is 0 Å². The maximum absolute atomic E-state index is 11.6. The molecular weight excluding hydrogens is 234 g/mol. The number of aromatic nitrogens is 2. The van der Waals surface area contributed by atoms with Crippen molar-refractivity contribution in [1.29, 1.82) is 0 Å². The Morgan fingerprint density at radius 1 is 1.59 bits per heavy atom. The van der Waals surface area contributed by atoms with Crippen LogP contribution in [0.1, 0.15) is 31.4 Å². The summed E-state index contributed by atoms with van der Waals surface area (Å²) in [6, 6.07) is 2.42. The van der Waals surface area contributed by atoms with Crippen molar-refractivity contribution in [3.8, 4) is 0 Å². The summed E-state index contributed by atoms with van der Waals surface area (Å²) in [4.78, 5) is 11.6. The van der Waals surface area contributed by atoms with E-state index in [0.717, 1.165) is 24.3 Å². The highest BCUT2D eigenvalue weighted by Gasteiger charge is 2.16. The van der Waals surface area contributed by atoms with E-state index in [0.29, 0.717) is 11.8 Å². The highest BCUT2D eigenvalue weighted by molar-refractivity contribution is 7.99. The van der Waals surface area contributed by atoms with Crippen LogP contribution in [0.2, 0.25) is 0 Å². The maximum atomic E-state index is 11.6. The second-order valence-electron chi connectivity index (χ2n) is 4.52. The summed E-state index contributed by atoms with van der Waals surface area (Å²) < 4.78 is 1.79. The summed E-state index contributed by atoms with van der Waals surface area (Å²) in [5, 5.41) is 7.36. The minimum absolute atomic E-state index is 0.165. The van der Waals surface area contributed by atoms with Crippen molar-refractivity contribution in [3.63, 3.8) is 0 Å². The van der Waals surface area contributed by atoms with Crippen molar-refractivity contribution < 1.29 is 4.79 Å². The SMILES string of the molecule is Cn1ccc(CSCC(=O)NC2CCCC2)n1. The molecule has 94 valence electrons. The molecule has 1 amide bonds. The number of nitrogens with zero attached hydrogens (tertiary/aromatic N) is 2. The van der Waals surface area contributed by atoms with Crippen molar-refractivity contribution in [3.05, 3.63) is 18.0 Å². The molecule has 0 bridgehead atoms. The van der Waals surface area contributed by atoms with Gasteiger partial charge in [-0.3, -0.25) is 9.48 Å². The van der Waals surface area contributed by atoms with Crippen LogP contribution in [-0.2, 0) is 17.6 Å². The van der Waals surface area contributed by atoms with Gasteiger partial charge < -0.3 is 5.32 Å². The van der Waals surface area contributed by atoms with E-state index in [1.807, 2.05) is 19.3 Å². The number of rotatable bonds is 5. The molecule has 0 unspecified atom stereocenters. The first kappa shape index (κ1) is 12.5. The number of thioether (sulfide) groups is 1. The molecular formula is C12H19N3OS. The third kappa shape index (κ3) is 4.07. The van der Waals surface area contributed by atoms with Crippen molar-refractivity contribution in [1.82, 2.24) is 15.1 Å². The largest absolute Gasteiger partial charge is 0.353 e. The van der Waals surface area contributed by atoms with Crippen LogP contribution in [0.25, 0.3) is 0 Å².